The van der Waals surface area contributed by atoms with Gasteiger partial charge in [-0.15, -0.1) is 0 Å². The molecule has 0 spiro atoms. The summed E-state index contributed by atoms with van der Waals surface area (Å²) in [6.45, 7) is 0. The van der Waals surface area contributed by atoms with E-state index in [1.807, 2.05) is 0 Å². The fourth-order valence-corrected chi connectivity index (χ4v) is 3.95. The van der Waals surface area contributed by atoms with Crippen molar-refractivity contribution in [1.82, 2.24) is 10.3 Å². The molecule has 168 valence electrons. The van der Waals surface area contributed by atoms with E-state index >= 15 is 0 Å². The van der Waals surface area contributed by atoms with Gasteiger partial charge < -0.3 is 10.6 Å². The molecule has 1 heterocycles. The lowest BCUT2D eigenvalue weighted by Gasteiger charge is -2.30. The first-order chi connectivity index (χ1) is 15.2. The zero-order valence-corrected chi connectivity index (χ0v) is 16.8. The number of benzene rings is 2. The van der Waals surface area contributed by atoms with Gasteiger partial charge in [0.1, 0.15) is 5.69 Å². The summed E-state index contributed by atoms with van der Waals surface area (Å²) in [6, 6.07) is 10.4. The number of fused-ring (bicyclic) bond motifs is 1. The van der Waals surface area contributed by atoms with Crippen LogP contribution in [0.25, 0.3) is 10.9 Å². The molecule has 1 aliphatic rings. The number of anilines is 1. The summed E-state index contributed by atoms with van der Waals surface area (Å²) < 4.78 is 66.2. The van der Waals surface area contributed by atoms with Crippen LogP contribution < -0.4 is 10.6 Å². The summed E-state index contributed by atoms with van der Waals surface area (Å²) in [5.41, 5.74) is -0.284. The van der Waals surface area contributed by atoms with Crippen molar-refractivity contribution in [2.24, 2.45) is 0 Å². The van der Waals surface area contributed by atoms with E-state index in [1.165, 1.54) is 6.07 Å². The molecule has 4 nitrogen and oxygen atoms in total. The van der Waals surface area contributed by atoms with Gasteiger partial charge in [0.25, 0.3) is 5.91 Å². The molecule has 0 atom stereocenters. The molecular weight excluding hydrogens is 429 g/mol. The van der Waals surface area contributed by atoms with Crippen molar-refractivity contribution in [3.05, 3.63) is 71.4 Å². The molecule has 1 amide bonds. The molecule has 0 aliphatic heterocycles. The normalized spacial score (nSPS) is 19.0. The minimum Gasteiger partial charge on any atom is -0.382 e. The van der Waals surface area contributed by atoms with Gasteiger partial charge in [-0.25, -0.2) is 13.8 Å². The zero-order chi connectivity index (χ0) is 22.9. The van der Waals surface area contributed by atoms with Crippen molar-refractivity contribution in [2.45, 2.75) is 43.9 Å². The van der Waals surface area contributed by atoms with Crippen LogP contribution in [0, 0.1) is 11.6 Å². The van der Waals surface area contributed by atoms with Crippen molar-refractivity contribution in [3.63, 3.8) is 0 Å². The number of pyridine rings is 1. The number of halogens is 5. The van der Waals surface area contributed by atoms with Crippen LogP contribution in [0.4, 0.5) is 27.6 Å². The van der Waals surface area contributed by atoms with E-state index in [-0.39, 0.29) is 23.2 Å². The molecule has 32 heavy (non-hydrogen) atoms. The average molecular weight is 449 g/mol. The van der Waals surface area contributed by atoms with Gasteiger partial charge in [0.15, 0.2) is 11.6 Å². The molecule has 4 rings (SSSR count). The number of hydrogen-bond acceptors (Lipinski definition) is 3. The molecule has 9 heteroatoms. The quantitative estimate of drug-likeness (QED) is 0.504. The van der Waals surface area contributed by atoms with Crippen LogP contribution in [-0.2, 0) is 6.18 Å². The van der Waals surface area contributed by atoms with E-state index in [4.69, 9.17) is 0 Å². The summed E-state index contributed by atoms with van der Waals surface area (Å²) >= 11 is 0. The second-order valence-electron chi connectivity index (χ2n) is 7.87. The molecule has 1 aromatic heterocycles. The Kier molecular flexibility index (Phi) is 5.99. The van der Waals surface area contributed by atoms with Gasteiger partial charge in [-0.2, -0.15) is 13.2 Å². The van der Waals surface area contributed by atoms with Crippen LogP contribution in [0.3, 0.4) is 0 Å². The number of aromatic nitrogens is 1. The molecule has 3 aromatic rings. The summed E-state index contributed by atoms with van der Waals surface area (Å²) in [5.74, 6) is -2.60. The third-order valence-corrected chi connectivity index (χ3v) is 5.61. The molecular formula is C23H20F5N3O. The van der Waals surface area contributed by atoms with E-state index in [0.29, 0.717) is 36.8 Å². The maximum atomic E-state index is 13.4. The highest BCUT2D eigenvalue weighted by Gasteiger charge is 2.34. The fourth-order valence-electron chi connectivity index (χ4n) is 3.95. The number of para-hydroxylation sites is 1. The first-order valence-corrected chi connectivity index (χ1v) is 10.2. The van der Waals surface area contributed by atoms with Crippen molar-refractivity contribution in [1.29, 1.82) is 0 Å². The smallest absolute Gasteiger partial charge is 0.382 e. The number of nitrogens with one attached hydrogen (secondary N) is 2. The molecule has 0 radical (unpaired) electrons. The van der Waals surface area contributed by atoms with Crippen LogP contribution in [-0.4, -0.2) is 23.0 Å². The number of alkyl halides is 3. The van der Waals surface area contributed by atoms with E-state index in [1.54, 1.807) is 24.3 Å². The SMILES string of the molecule is O=C(N[C@H]1CC[C@@H](Nc2cc(C(F)(F)F)nc3ccccc23)CC1)c1ccc(F)c(F)c1. The van der Waals surface area contributed by atoms with E-state index in [2.05, 4.69) is 15.6 Å². The predicted molar refractivity (Wildman–Crippen MR) is 110 cm³/mol. The largest absolute Gasteiger partial charge is 0.433 e. The number of carbonyl (C=O) groups excluding carboxylic acids is 1. The third kappa shape index (κ3) is 4.81. The summed E-state index contributed by atoms with van der Waals surface area (Å²) in [7, 11) is 0. The third-order valence-electron chi connectivity index (χ3n) is 5.61. The van der Waals surface area contributed by atoms with Crippen molar-refractivity contribution < 1.29 is 26.7 Å². The van der Waals surface area contributed by atoms with E-state index in [9.17, 15) is 26.7 Å². The van der Waals surface area contributed by atoms with Gasteiger partial charge in [-0.1, -0.05) is 18.2 Å². The van der Waals surface area contributed by atoms with Gasteiger partial charge in [-0.05, 0) is 56.0 Å². The Labute approximate surface area is 180 Å². The molecule has 1 aliphatic carbocycles. The number of rotatable bonds is 4. The van der Waals surface area contributed by atoms with Crippen LogP contribution in [0.2, 0.25) is 0 Å². The lowest BCUT2D eigenvalue weighted by Crippen LogP contribution is -2.40. The Bertz CT molecular complexity index is 1140. The minimum absolute atomic E-state index is 0.0343. The highest BCUT2D eigenvalue weighted by Crippen LogP contribution is 2.34. The molecule has 2 aromatic carbocycles. The molecule has 1 saturated carbocycles. The Balaban J connectivity index is 1.41. The van der Waals surface area contributed by atoms with Crippen LogP contribution in [0.15, 0.2) is 48.5 Å². The lowest BCUT2D eigenvalue weighted by molar-refractivity contribution is -0.140. The number of amides is 1. The van der Waals surface area contributed by atoms with Gasteiger partial charge in [-0.3, -0.25) is 4.79 Å². The minimum atomic E-state index is -4.55. The second kappa shape index (κ2) is 8.72. The van der Waals surface area contributed by atoms with Gasteiger partial charge >= 0.3 is 6.18 Å². The Morgan fingerprint density at radius 3 is 2.28 bits per heavy atom. The summed E-state index contributed by atoms with van der Waals surface area (Å²) in [6.07, 6.45) is -2.10. The van der Waals surface area contributed by atoms with Gasteiger partial charge in [0, 0.05) is 28.7 Å². The Hall–Kier alpha value is -3.23. The summed E-state index contributed by atoms with van der Waals surface area (Å²) in [4.78, 5) is 16.0. The topological polar surface area (TPSA) is 54.0 Å². The molecule has 0 saturated heterocycles. The Morgan fingerprint density at radius 1 is 0.906 bits per heavy atom. The fraction of sp³-hybridized carbons (Fsp3) is 0.304. The molecule has 0 bridgehead atoms. The number of nitrogens with zero attached hydrogens (tertiary/aromatic N) is 1. The monoisotopic (exact) mass is 449 g/mol. The molecule has 1 fully saturated rings. The summed E-state index contributed by atoms with van der Waals surface area (Å²) in [5, 5.41) is 6.63. The predicted octanol–water partition coefficient (Wildman–Crippen LogP) is 5.68. The van der Waals surface area contributed by atoms with E-state index in [0.717, 1.165) is 18.2 Å². The zero-order valence-electron chi connectivity index (χ0n) is 16.8. The average Bonchev–Trinajstić information content (AvgIpc) is 2.76. The van der Waals surface area contributed by atoms with Gasteiger partial charge in [0.05, 0.1) is 5.52 Å². The number of carbonyl (C=O) groups is 1. The highest BCUT2D eigenvalue weighted by molar-refractivity contribution is 5.94. The van der Waals surface area contributed by atoms with Crippen LogP contribution in [0.1, 0.15) is 41.7 Å². The standard InChI is InChI=1S/C23H20F5N3O/c24-17-10-5-13(11-18(17)25)22(32)30-15-8-6-14(7-9-15)29-20-12-21(23(26,27)28)31-19-4-2-1-3-16(19)20/h1-5,10-12,14-15H,6-9H2,(H,29,31)(H,30,32)/t14-,15+. The van der Waals surface area contributed by atoms with Crippen molar-refractivity contribution in [2.75, 3.05) is 5.32 Å². The first kappa shape index (κ1) is 22.0. The maximum Gasteiger partial charge on any atom is 0.433 e. The maximum absolute atomic E-state index is 13.4. The Morgan fingerprint density at radius 2 is 1.59 bits per heavy atom. The first-order valence-electron chi connectivity index (χ1n) is 10.2. The molecule has 0 unspecified atom stereocenters. The van der Waals surface area contributed by atoms with Crippen LogP contribution >= 0.6 is 0 Å². The van der Waals surface area contributed by atoms with Crippen molar-refractivity contribution in [3.8, 4) is 0 Å². The highest BCUT2D eigenvalue weighted by atomic mass is 19.4. The second-order valence-corrected chi connectivity index (χ2v) is 7.87. The van der Waals surface area contributed by atoms with Crippen LogP contribution in [0.5, 0.6) is 0 Å². The van der Waals surface area contributed by atoms with E-state index < -0.39 is 29.4 Å². The van der Waals surface area contributed by atoms with Crippen molar-refractivity contribution >= 4 is 22.5 Å². The number of hydrogen-bond donors (Lipinski definition) is 2. The lowest BCUT2D eigenvalue weighted by atomic mass is 9.90. The molecule has 2 N–H and O–H groups in total. The van der Waals surface area contributed by atoms with Gasteiger partial charge in [0.2, 0.25) is 0 Å².